The van der Waals surface area contributed by atoms with E-state index in [4.69, 9.17) is 5.73 Å². The Morgan fingerprint density at radius 2 is 2.33 bits per heavy atom. The van der Waals surface area contributed by atoms with Gasteiger partial charge in [0, 0.05) is 33.6 Å². The summed E-state index contributed by atoms with van der Waals surface area (Å²) in [5, 5.41) is 6.55. The minimum Gasteiger partial charge on any atom is -0.397 e. The molecule has 3 rings (SSSR count). The molecule has 5 nitrogen and oxygen atoms in total. The molecule has 0 radical (unpaired) electrons. The number of carbonyl (C=O) groups is 2. The molecule has 1 aliphatic heterocycles. The van der Waals surface area contributed by atoms with Gasteiger partial charge in [-0.3, -0.25) is 9.59 Å². The topological polar surface area (TPSA) is 84.2 Å². The summed E-state index contributed by atoms with van der Waals surface area (Å²) in [6, 6.07) is 5.79. The number of rotatable bonds is 3. The molecule has 2 heterocycles. The van der Waals surface area contributed by atoms with Gasteiger partial charge in [0.1, 0.15) is 4.88 Å². The number of nitrogen functional groups attached to an aromatic ring is 1. The lowest BCUT2D eigenvalue weighted by Gasteiger charge is -2.10. The molecule has 7 heteroatoms. The summed E-state index contributed by atoms with van der Waals surface area (Å²) in [6.07, 6.45) is 1.29. The summed E-state index contributed by atoms with van der Waals surface area (Å²) in [4.78, 5) is 23.9. The van der Waals surface area contributed by atoms with Crippen molar-refractivity contribution in [1.82, 2.24) is 10.6 Å². The molecule has 0 spiro atoms. The third-order valence-electron chi connectivity index (χ3n) is 3.49. The second-order valence-electron chi connectivity index (χ2n) is 5.00. The van der Waals surface area contributed by atoms with Crippen molar-refractivity contribution < 1.29 is 9.59 Å². The van der Waals surface area contributed by atoms with Gasteiger partial charge in [0.25, 0.3) is 5.91 Å². The Morgan fingerprint density at radius 3 is 3.05 bits per heavy atom. The minimum atomic E-state index is -0.189. The maximum absolute atomic E-state index is 12.3. The molecule has 1 atom stereocenters. The van der Waals surface area contributed by atoms with Crippen molar-refractivity contribution in [3.63, 3.8) is 0 Å². The molecular formula is C14H14BrN3O2S. The van der Waals surface area contributed by atoms with Crippen LogP contribution in [0.1, 0.15) is 22.5 Å². The molecule has 0 saturated carbocycles. The van der Waals surface area contributed by atoms with E-state index in [2.05, 4.69) is 26.6 Å². The molecule has 1 aliphatic rings. The second kappa shape index (κ2) is 5.65. The summed E-state index contributed by atoms with van der Waals surface area (Å²) in [7, 11) is 0. The number of anilines is 1. The minimum absolute atomic E-state index is 0.0196. The Hall–Kier alpha value is -1.60. The number of hydrogen-bond acceptors (Lipinski definition) is 4. The van der Waals surface area contributed by atoms with Crippen LogP contribution in [0.15, 0.2) is 22.7 Å². The van der Waals surface area contributed by atoms with E-state index in [9.17, 15) is 9.59 Å². The first-order valence-electron chi connectivity index (χ1n) is 6.59. The average molecular weight is 368 g/mol. The van der Waals surface area contributed by atoms with Crippen molar-refractivity contribution in [2.75, 3.05) is 12.3 Å². The van der Waals surface area contributed by atoms with Crippen LogP contribution in [0, 0.1) is 0 Å². The molecule has 0 bridgehead atoms. The lowest BCUT2D eigenvalue weighted by Crippen LogP contribution is -2.38. The maximum atomic E-state index is 12.3. The first-order chi connectivity index (χ1) is 10.0. The van der Waals surface area contributed by atoms with Crippen LogP contribution in [0.3, 0.4) is 0 Å². The Bertz CT molecular complexity index is 728. The zero-order chi connectivity index (χ0) is 15.0. The van der Waals surface area contributed by atoms with E-state index in [0.29, 0.717) is 23.5 Å². The molecule has 2 aromatic rings. The SMILES string of the molecule is Nc1c(C(=O)NCC2CCC(=O)N2)sc2ccc(Br)cc12. The number of fused-ring (bicyclic) bond motifs is 1. The van der Waals surface area contributed by atoms with Gasteiger partial charge in [-0.15, -0.1) is 11.3 Å². The Labute approximate surface area is 134 Å². The predicted octanol–water partition coefficient (Wildman–Crippen LogP) is 2.25. The summed E-state index contributed by atoms with van der Waals surface area (Å²) < 4.78 is 1.91. The highest BCUT2D eigenvalue weighted by atomic mass is 79.9. The maximum Gasteiger partial charge on any atom is 0.263 e. The van der Waals surface area contributed by atoms with Gasteiger partial charge in [-0.2, -0.15) is 0 Å². The van der Waals surface area contributed by atoms with Crippen molar-refractivity contribution in [3.8, 4) is 0 Å². The number of carbonyl (C=O) groups excluding carboxylic acids is 2. The van der Waals surface area contributed by atoms with Crippen LogP contribution in [-0.2, 0) is 4.79 Å². The van der Waals surface area contributed by atoms with Gasteiger partial charge >= 0.3 is 0 Å². The van der Waals surface area contributed by atoms with Crippen molar-refractivity contribution in [2.24, 2.45) is 0 Å². The number of benzene rings is 1. The second-order valence-corrected chi connectivity index (χ2v) is 6.97. The molecule has 4 N–H and O–H groups in total. The van der Waals surface area contributed by atoms with Crippen molar-refractivity contribution in [2.45, 2.75) is 18.9 Å². The van der Waals surface area contributed by atoms with Crippen LogP contribution in [0.5, 0.6) is 0 Å². The van der Waals surface area contributed by atoms with Gasteiger partial charge in [-0.25, -0.2) is 0 Å². The number of nitrogens with one attached hydrogen (secondary N) is 2. The largest absolute Gasteiger partial charge is 0.397 e. The highest BCUT2D eigenvalue weighted by Crippen LogP contribution is 2.35. The van der Waals surface area contributed by atoms with E-state index in [1.54, 1.807) is 0 Å². The molecule has 1 aromatic carbocycles. The Morgan fingerprint density at radius 1 is 1.52 bits per heavy atom. The van der Waals surface area contributed by atoms with Crippen LogP contribution in [0.4, 0.5) is 5.69 Å². The normalized spacial score (nSPS) is 18.0. The monoisotopic (exact) mass is 367 g/mol. The summed E-state index contributed by atoms with van der Waals surface area (Å²) >= 11 is 4.78. The molecular weight excluding hydrogens is 354 g/mol. The molecule has 0 aliphatic carbocycles. The zero-order valence-corrected chi connectivity index (χ0v) is 13.5. The van der Waals surface area contributed by atoms with E-state index >= 15 is 0 Å². The first kappa shape index (κ1) is 14.3. The van der Waals surface area contributed by atoms with Crippen molar-refractivity contribution in [3.05, 3.63) is 27.5 Å². The van der Waals surface area contributed by atoms with Crippen molar-refractivity contribution in [1.29, 1.82) is 0 Å². The van der Waals surface area contributed by atoms with E-state index in [1.165, 1.54) is 11.3 Å². The smallest absolute Gasteiger partial charge is 0.263 e. The Kier molecular flexibility index (Phi) is 3.86. The number of hydrogen-bond donors (Lipinski definition) is 3. The fourth-order valence-corrected chi connectivity index (χ4v) is 3.76. The molecule has 110 valence electrons. The highest BCUT2D eigenvalue weighted by molar-refractivity contribution is 9.10. The standard InChI is InChI=1S/C14H14BrN3O2S/c15-7-1-3-10-9(5-7)12(16)13(21-10)14(20)17-6-8-2-4-11(19)18-8/h1,3,5,8H,2,4,6,16H2,(H,17,20)(H,18,19). The number of halogens is 1. The number of amides is 2. The summed E-state index contributed by atoms with van der Waals surface area (Å²) in [5.41, 5.74) is 6.58. The third kappa shape index (κ3) is 2.89. The number of thiophene rings is 1. The van der Waals surface area contributed by atoms with Gasteiger partial charge in [0.2, 0.25) is 5.91 Å². The lowest BCUT2D eigenvalue weighted by atomic mass is 10.2. The van der Waals surface area contributed by atoms with Crippen molar-refractivity contribution >= 4 is 54.9 Å². The molecule has 1 unspecified atom stereocenters. The average Bonchev–Trinajstić information content (AvgIpc) is 3.01. The predicted molar refractivity (Wildman–Crippen MR) is 87.4 cm³/mol. The van der Waals surface area contributed by atoms with E-state index in [-0.39, 0.29) is 17.9 Å². The van der Waals surface area contributed by atoms with Gasteiger partial charge < -0.3 is 16.4 Å². The van der Waals surface area contributed by atoms with Gasteiger partial charge in [-0.05, 0) is 24.6 Å². The van der Waals surface area contributed by atoms with Crippen LogP contribution < -0.4 is 16.4 Å². The quantitative estimate of drug-likeness (QED) is 0.777. The van der Waals surface area contributed by atoms with Gasteiger partial charge in [-0.1, -0.05) is 15.9 Å². The molecule has 21 heavy (non-hydrogen) atoms. The fraction of sp³-hybridized carbons (Fsp3) is 0.286. The molecule has 2 amide bonds. The fourth-order valence-electron chi connectivity index (χ4n) is 2.38. The van der Waals surface area contributed by atoms with E-state index in [1.807, 2.05) is 18.2 Å². The van der Waals surface area contributed by atoms with Crippen LogP contribution in [0.25, 0.3) is 10.1 Å². The third-order valence-corrected chi connectivity index (χ3v) is 5.17. The molecule has 1 aromatic heterocycles. The van der Waals surface area contributed by atoms with Gasteiger partial charge in [0.05, 0.1) is 5.69 Å². The lowest BCUT2D eigenvalue weighted by molar-refractivity contribution is -0.119. The van der Waals surface area contributed by atoms with Crippen LogP contribution in [-0.4, -0.2) is 24.4 Å². The molecule has 1 saturated heterocycles. The Balaban J connectivity index is 1.75. The summed E-state index contributed by atoms with van der Waals surface area (Å²) in [5.74, 6) is -0.147. The van der Waals surface area contributed by atoms with Crippen LogP contribution >= 0.6 is 27.3 Å². The number of nitrogens with two attached hydrogens (primary N) is 1. The zero-order valence-electron chi connectivity index (χ0n) is 11.1. The summed E-state index contributed by atoms with van der Waals surface area (Å²) in [6.45, 7) is 0.432. The first-order valence-corrected chi connectivity index (χ1v) is 8.20. The van der Waals surface area contributed by atoms with Gasteiger partial charge in [0.15, 0.2) is 0 Å². The van der Waals surface area contributed by atoms with Crippen LogP contribution in [0.2, 0.25) is 0 Å². The highest BCUT2D eigenvalue weighted by Gasteiger charge is 2.22. The van der Waals surface area contributed by atoms with E-state index < -0.39 is 0 Å². The molecule has 1 fully saturated rings. The van der Waals surface area contributed by atoms with E-state index in [0.717, 1.165) is 21.0 Å².